The second kappa shape index (κ2) is 5.72. The molecule has 2 rings (SSSR count). The Labute approximate surface area is 105 Å². The molecule has 2 heterocycles. The maximum absolute atomic E-state index is 4.42. The Balaban J connectivity index is 1.96. The van der Waals surface area contributed by atoms with E-state index in [2.05, 4.69) is 27.2 Å². The number of aryl methyl sites for hydroxylation is 2. The number of hydrogen-bond acceptors (Lipinski definition) is 5. The molecule has 0 aromatic carbocycles. The highest BCUT2D eigenvalue weighted by molar-refractivity contribution is 7.09. The van der Waals surface area contributed by atoms with E-state index in [0.717, 1.165) is 41.6 Å². The molecule has 0 unspecified atom stereocenters. The Bertz CT molecular complexity index is 467. The first kappa shape index (κ1) is 12.0. The average molecular weight is 248 g/mol. The molecule has 0 saturated heterocycles. The van der Waals surface area contributed by atoms with Crippen LogP contribution in [-0.2, 0) is 12.8 Å². The van der Waals surface area contributed by atoms with Crippen molar-refractivity contribution < 1.29 is 0 Å². The number of thiazole rings is 1. The van der Waals surface area contributed by atoms with Crippen LogP contribution in [0.2, 0.25) is 0 Å². The second-order valence-corrected chi connectivity index (χ2v) is 4.73. The van der Waals surface area contributed by atoms with Crippen LogP contribution in [-0.4, -0.2) is 21.5 Å². The van der Waals surface area contributed by atoms with E-state index < -0.39 is 0 Å². The molecule has 2 aromatic rings. The minimum atomic E-state index is 0.805. The van der Waals surface area contributed by atoms with Gasteiger partial charge in [0.1, 0.15) is 11.6 Å². The molecular weight excluding hydrogens is 232 g/mol. The van der Waals surface area contributed by atoms with Gasteiger partial charge in [0, 0.05) is 36.3 Å². The zero-order chi connectivity index (χ0) is 12.1. The van der Waals surface area contributed by atoms with Crippen LogP contribution < -0.4 is 5.32 Å². The highest BCUT2D eigenvalue weighted by atomic mass is 32.1. The third kappa shape index (κ3) is 3.23. The second-order valence-electron chi connectivity index (χ2n) is 3.75. The Kier molecular flexibility index (Phi) is 4.03. The first-order valence-electron chi connectivity index (χ1n) is 5.74. The third-order valence-electron chi connectivity index (χ3n) is 2.48. The highest BCUT2D eigenvalue weighted by Gasteiger charge is 2.03. The van der Waals surface area contributed by atoms with Crippen molar-refractivity contribution in [2.45, 2.75) is 26.7 Å². The van der Waals surface area contributed by atoms with Crippen molar-refractivity contribution in [3.05, 3.63) is 34.2 Å². The van der Waals surface area contributed by atoms with E-state index in [9.17, 15) is 0 Å². The fourth-order valence-corrected chi connectivity index (χ4v) is 2.19. The van der Waals surface area contributed by atoms with Gasteiger partial charge in [-0.15, -0.1) is 11.3 Å². The van der Waals surface area contributed by atoms with Crippen LogP contribution in [0.3, 0.4) is 0 Å². The van der Waals surface area contributed by atoms with E-state index in [0.29, 0.717) is 0 Å². The van der Waals surface area contributed by atoms with Gasteiger partial charge >= 0.3 is 0 Å². The molecule has 0 atom stereocenters. The largest absolute Gasteiger partial charge is 0.369 e. The van der Waals surface area contributed by atoms with Gasteiger partial charge in [-0.25, -0.2) is 15.0 Å². The molecule has 0 aliphatic heterocycles. The molecule has 2 aromatic heterocycles. The van der Waals surface area contributed by atoms with E-state index >= 15 is 0 Å². The summed E-state index contributed by atoms with van der Waals surface area (Å²) in [7, 11) is 0. The summed E-state index contributed by atoms with van der Waals surface area (Å²) in [6.07, 6.45) is 5.62. The summed E-state index contributed by atoms with van der Waals surface area (Å²) in [4.78, 5) is 12.9. The lowest BCUT2D eigenvalue weighted by atomic mass is 10.2. The predicted octanol–water partition coefficient (Wildman–Crippen LogP) is 2.46. The summed E-state index contributed by atoms with van der Waals surface area (Å²) >= 11 is 1.69. The quantitative estimate of drug-likeness (QED) is 0.883. The van der Waals surface area contributed by atoms with E-state index in [1.54, 1.807) is 11.3 Å². The molecule has 90 valence electrons. The smallest absolute Gasteiger partial charge is 0.132 e. The standard InChI is InChI=1S/C12H16N4S/c1-3-10-8-15-9(2)16-12(10)14-5-4-11-13-6-7-17-11/h6-8H,3-5H2,1-2H3,(H,14,15,16). The summed E-state index contributed by atoms with van der Waals surface area (Å²) in [5, 5.41) is 6.51. The van der Waals surface area contributed by atoms with Crippen LogP contribution in [0.4, 0.5) is 5.82 Å². The lowest BCUT2D eigenvalue weighted by molar-refractivity contribution is 0.943. The van der Waals surface area contributed by atoms with Gasteiger partial charge in [0.15, 0.2) is 0 Å². The number of anilines is 1. The van der Waals surface area contributed by atoms with Crippen LogP contribution >= 0.6 is 11.3 Å². The van der Waals surface area contributed by atoms with Gasteiger partial charge in [-0.05, 0) is 13.3 Å². The van der Waals surface area contributed by atoms with E-state index in [1.807, 2.05) is 24.7 Å². The van der Waals surface area contributed by atoms with Crippen molar-refractivity contribution in [2.75, 3.05) is 11.9 Å². The molecule has 17 heavy (non-hydrogen) atoms. The zero-order valence-corrected chi connectivity index (χ0v) is 10.9. The highest BCUT2D eigenvalue weighted by Crippen LogP contribution is 2.12. The Hall–Kier alpha value is -1.49. The van der Waals surface area contributed by atoms with Gasteiger partial charge in [0.25, 0.3) is 0 Å². The van der Waals surface area contributed by atoms with E-state index in [4.69, 9.17) is 0 Å². The normalized spacial score (nSPS) is 10.5. The molecule has 0 aliphatic carbocycles. The number of rotatable bonds is 5. The number of nitrogens with one attached hydrogen (secondary N) is 1. The Morgan fingerprint density at radius 1 is 1.35 bits per heavy atom. The fraction of sp³-hybridized carbons (Fsp3) is 0.417. The average Bonchev–Trinajstić information content (AvgIpc) is 2.82. The molecule has 4 nitrogen and oxygen atoms in total. The van der Waals surface area contributed by atoms with Gasteiger partial charge in [-0.1, -0.05) is 6.92 Å². The van der Waals surface area contributed by atoms with E-state index in [-0.39, 0.29) is 0 Å². The van der Waals surface area contributed by atoms with Gasteiger partial charge < -0.3 is 5.32 Å². The molecule has 0 bridgehead atoms. The number of aromatic nitrogens is 3. The first-order chi connectivity index (χ1) is 8.29. The van der Waals surface area contributed by atoms with Crippen molar-refractivity contribution >= 4 is 17.2 Å². The summed E-state index contributed by atoms with van der Waals surface area (Å²) < 4.78 is 0. The molecule has 0 aliphatic rings. The van der Waals surface area contributed by atoms with Crippen molar-refractivity contribution in [1.29, 1.82) is 0 Å². The summed E-state index contributed by atoms with van der Waals surface area (Å²) in [6, 6.07) is 0. The van der Waals surface area contributed by atoms with Gasteiger partial charge in [-0.2, -0.15) is 0 Å². The van der Waals surface area contributed by atoms with Crippen molar-refractivity contribution in [3.63, 3.8) is 0 Å². The SMILES string of the molecule is CCc1cnc(C)nc1NCCc1nccs1. The van der Waals surface area contributed by atoms with Crippen LogP contribution in [0.1, 0.15) is 23.3 Å². The minimum Gasteiger partial charge on any atom is -0.369 e. The monoisotopic (exact) mass is 248 g/mol. The Morgan fingerprint density at radius 3 is 2.94 bits per heavy atom. The molecule has 0 spiro atoms. The van der Waals surface area contributed by atoms with Crippen molar-refractivity contribution in [1.82, 2.24) is 15.0 Å². The van der Waals surface area contributed by atoms with Crippen LogP contribution in [0.5, 0.6) is 0 Å². The Morgan fingerprint density at radius 2 is 2.24 bits per heavy atom. The lowest BCUT2D eigenvalue weighted by Gasteiger charge is -2.09. The minimum absolute atomic E-state index is 0.805. The maximum atomic E-state index is 4.42. The summed E-state index contributed by atoms with van der Waals surface area (Å²) in [5.41, 5.74) is 1.16. The molecule has 1 N–H and O–H groups in total. The maximum Gasteiger partial charge on any atom is 0.132 e. The fourth-order valence-electron chi connectivity index (χ4n) is 1.57. The van der Waals surface area contributed by atoms with Crippen molar-refractivity contribution in [3.8, 4) is 0 Å². The molecule has 0 saturated carbocycles. The predicted molar refractivity (Wildman–Crippen MR) is 70.5 cm³/mol. The summed E-state index contributed by atoms with van der Waals surface area (Å²) in [6.45, 7) is 4.88. The first-order valence-corrected chi connectivity index (χ1v) is 6.62. The number of nitrogens with zero attached hydrogens (tertiary/aromatic N) is 3. The van der Waals surface area contributed by atoms with E-state index in [1.165, 1.54) is 0 Å². The molecule has 0 radical (unpaired) electrons. The third-order valence-corrected chi connectivity index (χ3v) is 3.32. The van der Waals surface area contributed by atoms with Crippen LogP contribution in [0.15, 0.2) is 17.8 Å². The van der Waals surface area contributed by atoms with Crippen LogP contribution in [0, 0.1) is 6.92 Å². The molecule has 0 fully saturated rings. The van der Waals surface area contributed by atoms with Gasteiger partial charge in [0.05, 0.1) is 5.01 Å². The van der Waals surface area contributed by atoms with Crippen LogP contribution in [0.25, 0.3) is 0 Å². The topological polar surface area (TPSA) is 50.7 Å². The molecule has 0 amide bonds. The lowest BCUT2D eigenvalue weighted by Crippen LogP contribution is -2.09. The van der Waals surface area contributed by atoms with Gasteiger partial charge in [0.2, 0.25) is 0 Å². The molecule has 5 heteroatoms. The zero-order valence-electron chi connectivity index (χ0n) is 10.1. The van der Waals surface area contributed by atoms with Crippen molar-refractivity contribution in [2.24, 2.45) is 0 Å². The molecular formula is C12H16N4S. The summed E-state index contributed by atoms with van der Waals surface area (Å²) in [5.74, 6) is 1.76. The van der Waals surface area contributed by atoms with Gasteiger partial charge in [-0.3, -0.25) is 0 Å². The number of hydrogen-bond donors (Lipinski definition) is 1.